The highest BCUT2D eigenvalue weighted by Crippen LogP contribution is 2.19. The number of halogens is 1. The Bertz CT molecular complexity index is 596. The van der Waals surface area contributed by atoms with E-state index in [0.717, 1.165) is 19.3 Å². The lowest BCUT2D eigenvalue weighted by Gasteiger charge is -2.13. The standard InChI is InChI=1S/C17H21FN2O2/c1-12-11-14(18)7-8-15(12)20-17(22)16(21)19-10-9-13-5-3-2-4-6-13/h5,7-8,11H,2-4,6,9-10H2,1H3,(H,19,21)(H,20,22). The molecule has 0 bridgehead atoms. The van der Waals surface area contributed by atoms with Crippen molar-refractivity contribution in [1.29, 1.82) is 0 Å². The van der Waals surface area contributed by atoms with Crippen LogP contribution in [0, 0.1) is 12.7 Å². The summed E-state index contributed by atoms with van der Waals surface area (Å²) in [6.07, 6.45) is 7.62. The fourth-order valence-corrected chi connectivity index (χ4v) is 2.49. The van der Waals surface area contributed by atoms with Crippen LogP contribution in [0.4, 0.5) is 10.1 Å². The van der Waals surface area contributed by atoms with E-state index in [1.54, 1.807) is 6.92 Å². The summed E-state index contributed by atoms with van der Waals surface area (Å²) in [4.78, 5) is 23.6. The van der Waals surface area contributed by atoms with E-state index in [9.17, 15) is 14.0 Å². The summed E-state index contributed by atoms with van der Waals surface area (Å²) in [5, 5.41) is 5.11. The first kappa shape index (κ1) is 16.2. The number of benzene rings is 1. The predicted molar refractivity (Wildman–Crippen MR) is 83.9 cm³/mol. The van der Waals surface area contributed by atoms with Crippen molar-refractivity contribution < 1.29 is 14.0 Å². The van der Waals surface area contributed by atoms with Crippen LogP contribution in [-0.2, 0) is 9.59 Å². The van der Waals surface area contributed by atoms with E-state index in [2.05, 4.69) is 16.7 Å². The first-order chi connectivity index (χ1) is 10.6. The Morgan fingerprint density at radius 2 is 2.05 bits per heavy atom. The molecule has 1 aromatic rings. The summed E-state index contributed by atoms with van der Waals surface area (Å²) >= 11 is 0. The van der Waals surface area contributed by atoms with E-state index in [0.29, 0.717) is 17.8 Å². The molecule has 2 amide bonds. The van der Waals surface area contributed by atoms with Gasteiger partial charge in [-0.1, -0.05) is 11.6 Å². The minimum Gasteiger partial charge on any atom is -0.348 e. The summed E-state index contributed by atoms with van der Waals surface area (Å²) in [7, 11) is 0. The van der Waals surface area contributed by atoms with Gasteiger partial charge in [-0.05, 0) is 62.8 Å². The van der Waals surface area contributed by atoms with Crippen molar-refractivity contribution in [3.63, 3.8) is 0 Å². The lowest BCUT2D eigenvalue weighted by molar-refractivity contribution is -0.136. The molecule has 1 aliphatic rings. The van der Waals surface area contributed by atoms with Crippen LogP contribution < -0.4 is 10.6 Å². The normalized spacial score (nSPS) is 14.2. The third-order valence-electron chi connectivity index (χ3n) is 3.76. The number of carbonyl (C=O) groups is 2. The van der Waals surface area contributed by atoms with Gasteiger partial charge in [0.25, 0.3) is 0 Å². The van der Waals surface area contributed by atoms with Crippen molar-refractivity contribution in [2.75, 3.05) is 11.9 Å². The molecule has 2 N–H and O–H groups in total. The Morgan fingerprint density at radius 1 is 1.23 bits per heavy atom. The first-order valence-corrected chi connectivity index (χ1v) is 7.59. The minimum atomic E-state index is -0.729. The monoisotopic (exact) mass is 304 g/mol. The summed E-state index contributed by atoms with van der Waals surface area (Å²) in [5.41, 5.74) is 2.37. The van der Waals surface area contributed by atoms with Crippen LogP contribution in [-0.4, -0.2) is 18.4 Å². The largest absolute Gasteiger partial charge is 0.348 e. The molecule has 1 aromatic carbocycles. The summed E-state index contributed by atoms with van der Waals surface area (Å²) in [5.74, 6) is -1.77. The number of amides is 2. The van der Waals surface area contributed by atoms with Gasteiger partial charge in [0, 0.05) is 12.2 Å². The molecule has 5 heteroatoms. The van der Waals surface area contributed by atoms with Crippen LogP contribution >= 0.6 is 0 Å². The number of nitrogens with one attached hydrogen (secondary N) is 2. The molecule has 22 heavy (non-hydrogen) atoms. The van der Waals surface area contributed by atoms with E-state index in [1.165, 1.54) is 36.6 Å². The molecule has 0 radical (unpaired) electrons. The van der Waals surface area contributed by atoms with Crippen LogP contribution in [0.2, 0.25) is 0 Å². The Hall–Kier alpha value is -2.17. The second kappa shape index (κ2) is 7.73. The molecular weight excluding hydrogens is 283 g/mol. The molecule has 4 nitrogen and oxygen atoms in total. The average Bonchev–Trinajstić information content (AvgIpc) is 2.51. The fourth-order valence-electron chi connectivity index (χ4n) is 2.49. The third-order valence-corrected chi connectivity index (χ3v) is 3.76. The van der Waals surface area contributed by atoms with Gasteiger partial charge in [0.15, 0.2) is 0 Å². The SMILES string of the molecule is Cc1cc(F)ccc1NC(=O)C(=O)NCCC1=CCCCC1. The lowest BCUT2D eigenvalue weighted by Crippen LogP contribution is -2.36. The van der Waals surface area contributed by atoms with Gasteiger partial charge in [-0.15, -0.1) is 0 Å². The van der Waals surface area contributed by atoms with Gasteiger partial charge in [0.1, 0.15) is 5.82 Å². The van der Waals surface area contributed by atoms with Crippen molar-refractivity contribution in [1.82, 2.24) is 5.32 Å². The number of rotatable bonds is 4. The topological polar surface area (TPSA) is 58.2 Å². The van der Waals surface area contributed by atoms with E-state index in [4.69, 9.17) is 0 Å². The summed E-state index contributed by atoms with van der Waals surface area (Å²) < 4.78 is 13.0. The van der Waals surface area contributed by atoms with Gasteiger partial charge < -0.3 is 10.6 Å². The molecule has 0 aromatic heterocycles. The maximum absolute atomic E-state index is 13.0. The molecule has 0 heterocycles. The zero-order valence-electron chi connectivity index (χ0n) is 12.7. The number of anilines is 1. The molecule has 0 spiro atoms. The van der Waals surface area contributed by atoms with Gasteiger partial charge in [-0.3, -0.25) is 9.59 Å². The number of aryl methyl sites for hydroxylation is 1. The van der Waals surface area contributed by atoms with Gasteiger partial charge in [0.2, 0.25) is 0 Å². The Kier molecular flexibility index (Phi) is 5.69. The Balaban J connectivity index is 1.79. The van der Waals surface area contributed by atoms with Crippen LogP contribution in [0.25, 0.3) is 0 Å². The number of allylic oxidation sites excluding steroid dienone is 1. The van der Waals surface area contributed by atoms with Crippen molar-refractivity contribution in [2.24, 2.45) is 0 Å². The molecular formula is C17H21FN2O2. The predicted octanol–water partition coefficient (Wildman–Crippen LogP) is 3.08. The van der Waals surface area contributed by atoms with Crippen LogP contribution in [0.15, 0.2) is 29.8 Å². The van der Waals surface area contributed by atoms with E-state index < -0.39 is 11.8 Å². The van der Waals surface area contributed by atoms with E-state index in [1.807, 2.05) is 0 Å². The molecule has 0 aliphatic heterocycles. The van der Waals surface area contributed by atoms with Gasteiger partial charge in [-0.2, -0.15) is 0 Å². The highest BCUT2D eigenvalue weighted by molar-refractivity contribution is 6.39. The Morgan fingerprint density at radius 3 is 2.73 bits per heavy atom. The van der Waals surface area contributed by atoms with Gasteiger partial charge in [-0.25, -0.2) is 4.39 Å². The van der Waals surface area contributed by atoms with E-state index >= 15 is 0 Å². The zero-order chi connectivity index (χ0) is 15.9. The molecule has 0 fully saturated rings. The highest BCUT2D eigenvalue weighted by atomic mass is 19.1. The van der Waals surface area contributed by atoms with Gasteiger partial charge >= 0.3 is 11.8 Å². The van der Waals surface area contributed by atoms with Crippen molar-refractivity contribution in [2.45, 2.75) is 39.0 Å². The molecule has 0 atom stereocenters. The van der Waals surface area contributed by atoms with Crippen LogP contribution in [0.5, 0.6) is 0 Å². The minimum absolute atomic E-state index is 0.374. The summed E-state index contributed by atoms with van der Waals surface area (Å²) in [6.45, 7) is 2.13. The molecule has 118 valence electrons. The van der Waals surface area contributed by atoms with Crippen LogP contribution in [0.3, 0.4) is 0 Å². The molecule has 0 saturated carbocycles. The third kappa shape index (κ3) is 4.69. The molecule has 2 rings (SSSR count). The Labute approximate surface area is 129 Å². The second-order valence-electron chi connectivity index (χ2n) is 5.53. The zero-order valence-corrected chi connectivity index (χ0v) is 12.7. The molecule has 0 saturated heterocycles. The number of carbonyl (C=O) groups excluding carboxylic acids is 2. The van der Waals surface area contributed by atoms with Crippen LogP contribution in [0.1, 0.15) is 37.7 Å². The maximum atomic E-state index is 13.0. The van der Waals surface area contributed by atoms with Gasteiger partial charge in [0.05, 0.1) is 0 Å². The van der Waals surface area contributed by atoms with Crippen molar-refractivity contribution in [3.8, 4) is 0 Å². The molecule has 1 aliphatic carbocycles. The highest BCUT2D eigenvalue weighted by Gasteiger charge is 2.14. The summed E-state index contributed by atoms with van der Waals surface area (Å²) in [6, 6.07) is 4.00. The number of hydrogen-bond donors (Lipinski definition) is 2. The maximum Gasteiger partial charge on any atom is 0.313 e. The average molecular weight is 304 g/mol. The number of hydrogen-bond acceptors (Lipinski definition) is 2. The lowest BCUT2D eigenvalue weighted by atomic mass is 9.97. The van der Waals surface area contributed by atoms with Crippen molar-refractivity contribution in [3.05, 3.63) is 41.2 Å². The van der Waals surface area contributed by atoms with E-state index in [-0.39, 0.29) is 5.82 Å². The van der Waals surface area contributed by atoms with Crippen molar-refractivity contribution >= 4 is 17.5 Å². The first-order valence-electron chi connectivity index (χ1n) is 7.59. The quantitative estimate of drug-likeness (QED) is 0.663. The fraction of sp³-hybridized carbons (Fsp3) is 0.412. The smallest absolute Gasteiger partial charge is 0.313 e. The second-order valence-corrected chi connectivity index (χ2v) is 5.53. The molecule has 0 unspecified atom stereocenters.